The van der Waals surface area contributed by atoms with Crippen molar-refractivity contribution in [3.63, 3.8) is 0 Å². The summed E-state index contributed by atoms with van der Waals surface area (Å²) in [5, 5.41) is 11.9. The van der Waals surface area contributed by atoms with Crippen LogP contribution in [0.4, 0.5) is 13.2 Å². The summed E-state index contributed by atoms with van der Waals surface area (Å²) in [5.74, 6) is -1.45. The molecule has 6 rings (SSSR count). The molecule has 1 heterocycles. The average Bonchev–Trinajstić information content (AvgIpc) is 3.60. The predicted octanol–water partition coefficient (Wildman–Crippen LogP) is 9.99. The van der Waals surface area contributed by atoms with Crippen molar-refractivity contribution >= 4 is 28.7 Å². The summed E-state index contributed by atoms with van der Waals surface area (Å²) in [6, 6.07) is 28.7. The van der Waals surface area contributed by atoms with E-state index in [2.05, 4.69) is 35.5 Å². The maximum absolute atomic E-state index is 13.6. The first-order valence-corrected chi connectivity index (χ1v) is 15.2. The maximum atomic E-state index is 13.6. The van der Waals surface area contributed by atoms with E-state index in [4.69, 9.17) is 4.42 Å². The Balaban J connectivity index is 1.34. The van der Waals surface area contributed by atoms with Crippen molar-refractivity contribution in [3.05, 3.63) is 125 Å². The van der Waals surface area contributed by atoms with E-state index in [1.807, 2.05) is 60.7 Å². The van der Waals surface area contributed by atoms with E-state index in [0.29, 0.717) is 36.3 Å². The van der Waals surface area contributed by atoms with Gasteiger partial charge < -0.3 is 9.52 Å². The molecule has 1 N–H and O–H groups in total. The highest BCUT2D eigenvalue weighted by Crippen LogP contribution is 2.47. The second-order valence-corrected chi connectivity index (χ2v) is 12.9. The molecule has 4 aromatic carbocycles. The molecule has 1 aliphatic rings. The number of benzene rings is 4. The average molecular weight is 616 g/mol. The van der Waals surface area contributed by atoms with E-state index in [-0.39, 0.29) is 6.04 Å². The molecule has 0 bridgehead atoms. The number of furan rings is 1. The number of rotatable bonds is 8. The Bertz CT molecular complexity index is 1840. The first kappa shape index (κ1) is 30.0. The van der Waals surface area contributed by atoms with Crippen LogP contribution in [0.1, 0.15) is 60.1 Å². The van der Waals surface area contributed by atoms with E-state index in [9.17, 15) is 23.1 Å². The Morgan fingerprint density at radius 3 is 2.43 bits per heavy atom. The Hall–Kier alpha value is -4.01. The first-order chi connectivity index (χ1) is 20.9. The van der Waals surface area contributed by atoms with Gasteiger partial charge in [-0.15, -0.1) is 0 Å². The SMILES string of the molecule is Cc1ccc2ccccc2c1SN(Cc1ccc(-c2cccc(C(C)(C)C(=O)O)c2)cc1)C1CCc2cc(C(F)(F)F)oc21. The van der Waals surface area contributed by atoms with Crippen molar-refractivity contribution < 1.29 is 27.5 Å². The molecule has 8 heteroatoms. The van der Waals surface area contributed by atoms with Crippen molar-refractivity contribution in [1.29, 1.82) is 0 Å². The molecule has 1 unspecified atom stereocenters. The minimum Gasteiger partial charge on any atom is -0.481 e. The molecule has 0 amide bonds. The number of carboxylic acid groups (broad SMARTS) is 1. The fraction of sp³-hybridized carbons (Fsp3) is 0.250. The summed E-state index contributed by atoms with van der Waals surface area (Å²) in [4.78, 5) is 12.9. The zero-order chi connectivity index (χ0) is 31.2. The number of alkyl halides is 3. The lowest BCUT2D eigenvalue weighted by Crippen LogP contribution is -2.28. The van der Waals surface area contributed by atoms with Crippen LogP contribution in [0.3, 0.4) is 0 Å². The number of carbonyl (C=O) groups is 1. The minimum absolute atomic E-state index is 0.334. The summed E-state index contributed by atoms with van der Waals surface area (Å²) in [6.07, 6.45) is -3.35. The van der Waals surface area contributed by atoms with E-state index in [0.717, 1.165) is 44.0 Å². The van der Waals surface area contributed by atoms with Crippen LogP contribution in [0.5, 0.6) is 0 Å². The number of aryl methyl sites for hydroxylation is 2. The monoisotopic (exact) mass is 615 g/mol. The lowest BCUT2D eigenvalue weighted by atomic mass is 9.83. The molecule has 1 aromatic heterocycles. The van der Waals surface area contributed by atoms with E-state index >= 15 is 0 Å². The number of fused-ring (bicyclic) bond motifs is 2. The summed E-state index contributed by atoms with van der Waals surface area (Å²) < 4.78 is 48.3. The first-order valence-electron chi connectivity index (χ1n) is 14.5. The highest BCUT2D eigenvalue weighted by atomic mass is 32.2. The molecule has 0 radical (unpaired) electrons. The summed E-state index contributed by atoms with van der Waals surface area (Å²) in [7, 11) is 0. The molecular weight excluding hydrogens is 583 g/mol. The van der Waals surface area contributed by atoms with Crippen LogP contribution in [0, 0.1) is 6.92 Å². The summed E-state index contributed by atoms with van der Waals surface area (Å²) in [5.41, 5.74) is 4.26. The van der Waals surface area contributed by atoms with E-state index in [1.54, 1.807) is 25.8 Å². The maximum Gasteiger partial charge on any atom is 0.449 e. The van der Waals surface area contributed by atoms with Gasteiger partial charge in [-0.25, -0.2) is 4.31 Å². The van der Waals surface area contributed by atoms with Gasteiger partial charge in [-0.3, -0.25) is 4.79 Å². The van der Waals surface area contributed by atoms with Crippen molar-refractivity contribution in [3.8, 4) is 11.1 Å². The van der Waals surface area contributed by atoms with Gasteiger partial charge in [-0.05, 0) is 95.8 Å². The van der Waals surface area contributed by atoms with Gasteiger partial charge >= 0.3 is 12.1 Å². The molecule has 1 aliphatic carbocycles. The van der Waals surface area contributed by atoms with Gasteiger partial charge in [0.25, 0.3) is 0 Å². The quantitative estimate of drug-likeness (QED) is 0.176. The number of halogens is 3. The Kier molecular flexibility index (Phi) is 7.84. The number of hydrogen-bond acceptors (Lipinski definition) is 4. The van der Waals surface area contributed by atoms with Gasteiger partial charge in [-0.1, -0.05) is 84.9 Å². The Labute approximate surface area is 258 Å². The zero-order valence-corrected chi connectivity index (χ0v) is 25.4. The molecule has 226 valence electrons. The van der Waals surface area contributed by atoms with Crippen molar-refractivity contribution in [2.75, 3.05) is 0 Å². The summed E-state index contributed by atoms with van der Waals surface area (Å²) >= 11 is 1.56. The standard InChI is InChI=1S/C36H32F3NO3S/c1-22-11-14-25-7-4-5-10-29(25)33(22)44-40(30-18-17-27-20-31(36(37,38)39)43-32(27)30)21-23-12-15-24(16-13-23)26-8-6-9-28(19-26)35(2,3)34(41)42/h4-16,19-20,30H,17-18,21H2,1-3H3,(H,41,42). The molecular formula is C36H32F3NO3S. The molecule has 0 spiro atoms. The van der Waals surface area contributed by atoms with Crippen molar-refractivity contribution in [2.24, 2.45) is 0 Å². The van der Waals surface area contributed by atoms with Crippen LogP contribution < -0.4 is 0 Å². The molecule has 0 fully saturated rings. The Morgan fingerprint density at radius 1 is 0.955 bits per heavy atom. The molecule has 0 saturated heterocycles. The van der Waals surface area contributed by atoms with Crippen LogP contribution in [0.25, 0.3) is 21.9 Å². The topological polar surface area (TPSA) is 53.7 Å². The van der Waals surface area contributed by atoms with Crippen molar-refractivity contribution in [1.82, 2.24) is 4.31 Å². The lowest BCUT2D eigenvalue weighted by Gasteiger charge is -2.28. The zero-order valence-electron chi connectivity index (χ0n) is 24.6. The molecule has 0 saturated carbocycles. The number of carboxylic acids is 1. The van der Waals surface area contributed by atoms with Gasteiger partial charge in [0, 0.05) is 11.4 Å². The van der Waals surface area contributed by atoms with Gasteiger partial charge in [0.15, 0.2) is 0 Å². The lowest BCUT2D eigenvalue weighted by molar-refractivity contribution is -0.153. The number of aliphatic carboxylic acids is 1. The van der Waals surface area contributed by atoms with E-state index in [1.165, 1.54) is 0 Å². The van der Waals surface area contributed by atoms with Gasteiger partial charge in [0.05, 0.1) is 11.5 Å². The predicted molar refractivity (Wildman–Crippen MR) is 167 cm³/mol. The second kappa shape index (κ2) is 11.5. The smallest absolute Gasteiger partial charge is 0.449 e. The van der Waals surface area contributed by atoms with Crippen molar-refractivity contribution in [2.45, 2.75) is 62.7 Å². The number of nitrogens with zero attached hydrogens (tertiary/aromatic N) is 1. The van der Waals surface area contributed by atoms with Crippen LogP contribution in [0.15, 0.2) is 100 Å². The van der Waals surface area contributed by atoms with Crippen LogP contribution in [-0.4, -0.2) is 15.4 Å². The highest BCUT2D eigenvalue weighted by molar-refractivity contribution is 7.97. The minimum atomic E-state index is -4.54. The third kappa shape index (κ3) is 5.76. The van der Waals surface area contributed by atoms with Gasteiger partial charge in [0.2, 0.25) is 5.76 Å². The Morgan fingerprint density at radius 2 is 1.70 bits per heavy atom. The largest absolute Gasteiger partial charge is 0.481 e. The normalized spacial score (nSPS) is 15.2. The third-order valence-corrected chi connectivity index (χ3v) is 9.83. The van der Waals surface area contributed by atoms with Crippen LogP contribution in [0.2, 0.25) is 0 Å². The van der Waals surface area contributed by atoms with Gasteiger partial charge in [0.1, 0.15) is 5.76 Å². The van der Waals surface area contributed by atoms with E-state index < -0.39 is 23.3 Å². The molecule has 5 aromatic rings. The molecule has 1 atom stereocenters. The fourth-order valence-corrected chi connectivity index (χ4v) is 7.02. The fourth-order valence-electron chi connectivity index (χ4n) is 5.75. The highest BCUT2D eigenvalue weighted by Gasteiger charge is 2.41. The summed E-state index contributed by atoms with van der Waals surface area (Å²) in [6.45, 7) is 5.90. The molecule has 0 aliphatic heterocycles. The number of hydrogen-bond donors (Lipinski definition) is 1. The van der Waals surface area contributed by atoms with Crippen LogP contribution >= 0.6 is 11.9 Å². The molecule has 44 heavy (non-hydrogen) atoms. The molecule has 4 nitrogen and oxygen atoms in total. The third-order valence-electron chi connectivity index (χ3n) is 8.49. The second-order valence-electron chi connectivity index (χ2n) is 11.9. The van der Waals surface area contributed by atoms with Gasteiger partial charge in [-0.2, -0.15) is 13.2 Å². The van der Waals surface area contributed by atoms with Crippen LogP contribution in [-0.2, 0) is 29.4 Å².